The van der Waals surface area contributed by atoms with Crippen LogP contribution in [0.15, 0.2) is 28.7 Å². The second kappa shape index (κ2) is 6.62. The summed E-state index contributed by atoms with van der Waals surface area (Å²) in [5, 5.41) is 8.84. The Labute approximate surface area is 134 Å². The summed E-state index contributed by atoms with van der Waals surface area (Å²) in [4.78, 5) is 15.4. The van der Waals surface area contributed by atoms with E-state index in [1.54, 1.807) is 6.08 Å². The van der Waals surface area contributed by atoms with Crippen molar-refractivity contribution in [3.8, 4) is 0 Å². The van der Waals surface area contributed by atoms with Gasteiger partial charge in [-0.3, -0.25) is 0 Å². The van der Waals surface area contributed by atoms with Crippen LogP contribution in [0.25, 0.3) is 6.08 Å². The molecule has 0 aliphatic carbocycles. The van der Waals surface area contributed by atoms with E-state index in [-0.39, 0.29) is 0 Å². The average molecular weight is 353 g/mol. The number of nitrogens with zero attached hydrogens (tertiary/aromatic N) is 2. The Balaban J connectivity index is 2.30. The molecule has 0 amide bonds. The lowest BCUT2D eigenvalue weighted by molar-refractivity contribution is -0.131. The van der Waals surface area contributed by atoms with Gasteiger partial charge in [-0.2, -0.15) is 0 Å². The van der Waals surface area contributed by atoms with Gasteiger partial charge in [-0.05, 0) is 49.9 Å². The molecule has 2 atom stereocenters. The van der Waals surface area contributed by atoms with Gasteiger partial charge in [0, 0.05) is 35.4 Å². The predicted molar refractivity (Wildman–Crippen MR) is 89.7 cm³/mol. The number of likely N-dealkylation sites (N-methyl/N-ethyl adjacent to an activating group) is 1. The summed E-state index contributed by atoms with van der Waals surface area (Å²) in [5.74, 6) is -0.346. The SMILES string of the molecule is CC1CN(c2ccc(Br)cc2/C=C/C(=O)O)CC1N(C)C. The molecule has 1 heterocycles. The van der Waals surface area contributed by atoms with Gasteiger partial charge in [0.05, 0.1) is 0 Å². The minimum atomic E-state index is -0.929. The smallest absolute Gasteiger partial charge is 0.328 e. The minimum Gasteiger partial charge on any atom is -0.478 e. The molecule has 2 unspecified atom stereocenters. The highest BCUT2D eigenvalue weighted by Crippen LogP contribution is 2.31. The van der Waals surface area contributed by atoms with Crippen molar-refractivity contribution in [2.75, 3.05) is 32.1 Å². The molecule has 0 aromatic heterocycles. The third-order valence-electron chi connectivity index (χ3n) is 3.97. The minimum absolute atomic E-state index is 0.518. The van der Waals surface area contributed by atoms with Gasteiger partial charge in [0.15, 0.2) is 0 Å². The van der Waals surface area contributed by atoms with Crippen molar-refractivity contribution in [1.29, 1.82) is 0 Å². The molecule has 2 rings (SSSR count). The molecule has 114 valence electrons. The van der Waals surface area contributed by atoms with Gasteiger partial charge in [-0.15, -0.1) is 0 Å². The molecule has 0 spiro atoms. The molecule has 1 aromatic rings. The fourth-order valence-electron chi connectivity index (χ4n) is 2.93. The first kappa shape index (κ1) is 16.0. The second-order valence-electron chi connectivity index (χ2n) is 5.79. The van der Waals surface area contributed by atoms with Crippen LogP contribution in [0.3, 0.4) is 0 Å². The van der Waals surface area contributed by atoms with Crippen LogP contribution in [0, 0.1) is 5.92 Å². The largest absolute Gasteiger partial charge is 0.478 e. The maximum absolute atomic E-state index is 10.8. The maximum Gasteiger partial charge on any atom is 0.328 e. The predicted octanol–water partition coefficient (Wildman–Crippen LogP) is 2.93. The van der Waals surface area contributed by atoms with E-state index in [9.17, 15) is 4.79 Å². The highest BCUT2D eigenvalue weighted by molar-refractivity contribution is 9.10. The lowest BCUT2D eigenvalue weighted by Gasteiger charge is -2.24. The van der Waals surface area contributed by atoms with E-state index in [0.29, 0.717) is 12.0 Å². The summed E-state index contributed by atoms with van der Waals surface area (Å²) in [6.07, 6.45) is 2.85. The zero-order valence-corrected chi connectivity index (χ0v) is 14.2. The van der Waals surface area contributed by atoms with E-state index in [2.05, 4.69) is 52.8 Å². The van der Waals surface area contributed by atoms with Crippen LogP contribution in [-0.2, 0) is 4.79 Å². The van der Waals surface area contributed by atoms with Crippen molar-refractivity contribution >= 4 is 33.7 Å². The third-order valence-corrected chi connectivity index (χ3v) is 4.46. The van der Waals surface area contributed by atoms with Crippen molar-refractivity contribution in [3.05, 3.63) is 34.3 Å². The number of carbonyl (C=O) groups is 1. The normalized spacial score (nSPS) is 22.4. The second-order valence-corrected chi connectivity index (χ2v) is 6.70. The van der Waals surface area contributed by atoms with Gasteiger partial charge in [-0.1, -0.05) is 22.9 Å². The monoisotopic (exact) mass is 352 g/mol. The zero-order valence-electron chi connectivity index (χ0n) is 12.6. The lowest BCUT2D eigenvalue weighted by atomic mass is 10.1. The first-order valence-corrected chi connectivity index (χ1v) is 7.79. The maximum atomic E-state index is 10.8. The molecule has 1 saturated heterocycles. The molecule has 0 radical (unpaired) electrons. The molecule has 1 fully saturated rings. The van der Waals surface area contributed by atoms with Crippen molar-refractivity contribution in [2.24, 2.45) is 5.92 Å². The Hall–Kier alpha value is -1.33. The van der Waals surface area contributed by atoms with Crippen LogP contribution in [-0.4, -0.2) is 49.2 Å². The summed E-state index contributed by atoms with van der Waals surface area (Å²) in [7, 11) is 4.22. The summed E-state index contributed by atoms with van der Waals surface area (Å²) in [5.41, 5.74) is 2.02. The number of hydrogen-bond donors (Lipinski definition) is 1. The average Bonchev–Trinajstić information content (AvgIpc) is 2.78. The van der Waals surface area contributed by atoms with Gasteiger partial charge in [0.1, 0.15) is 0 Å². The molecule has 0 saturated carbocycles. The Morgan fingerprint density at radius 2 is 2.14 bits per heavy atom. The molecular weight excluding hydrogens is 332 g/mol. The Bertz CT molecular complexity index is 557. The van der Waals surface area contributed by atoms with E-state index < -0.39 is 5.97 Å². The van der Waals surface area contributed by atoms with E-state index in [0.717, 1.165) is 28.8 Å². The topological polar surface area (TPSA) is 43.8 Å². The number of carboxylic acid groups (broad SMARTS) is 1. The molecule has 1 aliphatic heterocycles. The number of anilines is 1. The fraction of sp³-hybridized carbons (Fsp3) is 0.438. The van der Waals surface area contributed by atoms with Crippen LogP contribution in [0.2, 0.25) is 0 Å². The van der Waals surface area contributed by atoms with Crippen LogP contribution >= 0.6 is 15.9 Å². The van der Waals surface area contributed by atoms with Crippen molar-refractivity contribution < 1.29 is 9.90 Å². The number of rotatable bonds is 4. The Morgan fingerprint density at radius 1 is 1.43 bits per heavy atom. The van der Waals surface area contributed by atoms with E-state index in [1.165, 1.54) is 6.08 Å². The first-order chi connectivity index (χ1) is 9.88. The standard InChI is InChI=1S/C16H21BrN2O2/c1-11-9-19(10-15(11)18(2)3)14-6-5-13(17)8-12(14)4-7-16(20)21/h4-8,11,15H,9-10H2,1-3H3,(H,20,21)/b7-4+. The molecule has 1 aromatic carbocycles. The van der Waals surface area contributed by atoms with Crippen LogP contribution in [0.5, 0.6) is 0 Å². The molecule has 21 heavy (non-hydrogen) atoms. The third kappa shape index (κ3) is 3.86. The van der Waals surface area contributed by atoms with Gasteiger partial charge in [-0.25, -0.2) is 4.79 Å². The number of hydrogen-bond acceptors (Lipinski definition) is 3. The summed E-state index contributed by atoms with van der Waals surface area (Å²) < 4.78 is 0.952. The number of halogens is 1. The number of carboxylic acids is 1. The van der Waals surface area contributed by atoms with Crippen LogP contribution < -0.4 is 4.90 Å². The molecule has 5 heteroatoms. The van der Waals surface area contributed by atoms with Crippen molar-refractivity contribution in [3.63, 3.8) is 0 Å². The number of benzene rings is 1. The fourth-order valence-corrected chi connectivity index (χ4v) is 3.31. The summed E-state index contributed by atoms with van der Waals surface area (Å²) in [6.45, 7) is 4.21. The number of aliphatic carboxylic acids is 1. The molecule has 4 nitrogen and oxygen atoms in total. The molecular formula is C16H21BrN2O2. The Morgan fingerprint density at radius 3 is 2.71 bits per heavy atom. The quantitative estimate of drug-likeness (QED) is 0.846. The van der Waals surface area contributed by atoms with Gasteiger partial charge >= 0.3 is 5.97 Å². The highest BCUT2D eigenvalue weighted by atomic mass is 79.9. The van der Waals surface area contributed by atoms with Crippen molar-refractivity contribution in [1.82, 2.24) is 4.90 Å². The van der Waals surface area contributed by atoms with Crippen molar-refractivity contribution in [2.45, 2.75) is 13.0 Å². The van der Waals surface area contributed by atoms with E-state index in [1.807, 2.05) is 12.1 Å². The van der Waals surface area contributed by atoms with Crippen LogP contribution in [0.1, 0.15) is 12.5 Å². The molecule has 1 aliphatic rings. The molecule has 0 bridgehead atoms. The first-order valence-electron chi connectivity index (χ1n) is 7.00. The van der Waals surface area contributed by atoms with Gasteiger partial charge < -0.3 is 14.9 Å². The lowest BCUT2D eigenvalue weighted by Crippen LogP contribution is -2.34. The summed E-state index contributed by atoms with van der Waals surface area (Å²) >= 11 is 3.45. The molecule has 1 N–H and O–H groups in total. The highest BCUT2D eigenvalue weighted by Gasteiger charge is 2.31. The summed E-state index contributed by atoms with van der Waals surface area (Å²) in [6, 6.07) is 6.53. The van der Waals surface area contributed by atoms with Gasteiger partial charge in [0.25, 0.3) is 0 Å². The van der Waals surface area contributed by atoms with E-state index >= 15 is 0 Å². The Kier molecular flexibility index (Phi) is 5.06. The van der Waals surface area contributed by atoms with E-state index in [4.69, 9.17) is 5.11 Å². The van der Waals surface area contributed by atoms with Gasteiger partial charge in [0.2, 0.25) is 0 Å². The van der Waals surface area contributed by atoms with Crippen LogP contribution in [0.4, 0.5) is 5.69 Å². The zero-order chi connectivity index (χ0) is 15.6.